The lowest BCUT2D eigenvalue weighted by atomic mass is 9.48. The number of esters is 1. The molecule has 7 nitrogen and oxygen atoms in total. The summed E-state index contributed by atoms with van der Waals surface area (Å²) in [5.41, 5.74) is 4.26. The van der Waals surface area contributed by atoms with E-state index >= 15 is 0 Å². The van der Waals surface area contributed by atoms with Crippen LogP contribution in [0.25, 0.3) is 6.08 Å². The number of carbonyl (C=O) groups excluding carboxylic acids is 1. The molecule has 0 radical (unpaired) electrons. The van der Waals surface area contributed by atoms with Crippen molar-refractivity contribution in [2.75, 3.05) is 21.3 Å². The van der Waals surface area contributed by atoms with Gasteiger partial charge in [0.1, 0.15) is 6.10 Å². The number of nitrogens with zero attached hydrogens (tertiary/aromatic N) is 1. The van der Waals surface area contributed by atoms with Gasteiger partial charge in [0.05, 0.1) is 27.0 Å². The van der Waals surface area contributed by atoms with Crippen LogP contribution in [0.5, 0.6) is 17.2 Å². The number of hydrogen-bond acceptors (Lipinski definition) is 7. The summed E-state index contributed by atoms with van der Waals surface area (Å²) in [7, 11) is 4.83. The van der Waals surface area contributed by atoms with Crippen LogP contribution in [-0.2, 0) is 9.53 Å². The summed E-state index contributed by atoms with van der Waals surface area (Å²) in [6.07, 6.45) is 11.4. The third-order valence-electron chi connectivity index (χ3n) is 10.2. The van der Waals surface area contributed by atoms with Crippen molar-refractivity contribution >= 4 is 17.8 Å². The van der Waals surface area contributed by atoms with Gasteiger partial charge in [-0.15, -0.1) is 0 Å². The lowest BCUT2D eigenvalue weighted by molar-refractivity contribution is -0.148. The molecule has 0 amide bonds. The molecule has 206 valence electrons. The van der Waals surface area contributed by atoms with Crippen LogP contribution >= 0.6 is 0 Å². The molecule has 1 aromatic rings. The molecule has 0 spiro atoms. The van der Waals surface area contributed by atoms with Gasteiger partial charge in [-0.05, 0) is 91.0 Å². The van der Waals surface area contributed by atoms with Gasteiger partial charge in [0.2, 0.25) is 5.75 Å². The molecule has 1 aromatic carbocycles. The van der Waals surface area contributed by atoms with Crippen LogP contribution in [0.2, 0.25) is 0 Å². The van der Waals surface area contributed by atoms with E-state index in [0.29, 0.717) is 35.0 Å². The van der Waals surface area contributed by atoms with Crippen molar-refractivity contribution in [2.24, 2.45) is 33.7 Å². The van der Waals surface area contributed by atoms with Crippen LogP contribution < -0.4 is 14.2 Å². The Balaban J connectivity index is 1.47. The van der Waals surface area contributed by atoms with Crippen LogP contribution in [0.1, 0.15) is 71.3 Å². The minimum absolute atomic E-state index is 0.00449. The summed E-state index contributed by atoms with van der Waals surface area (Å²) >= 11 is 0. The monoisotopic (exact) mass is 523 g/mol. The molecule has 0 unspecified atom stereocenters. The lowest BCUT2D eigenvalue weighted by Crippen LogP contribution is -2.50. The van der Waals surface area contributed by atoms with Gasteiger partial charge in [0, 0.05) is 18.8 Å². The van der Waals surface area contributed by atoms with Crippen molar-refractivity contribution in [1.29, 1.82) is 0 Å². The van der Waals surface area contributed by atoms with Gasteiger partial charge in [-0.3, -0.25) is 4.79 Å². The zero-order chi connectivity index (χ0) is 27.2. The van der Waals surface area contributed by atoms with E-state index in [4.69, 9.17) is 18.9 Å². The number of allylic oxidation sites excluding steroid dienone is 2. The number of oxime groups is 1. The minimum Gasteiger partial charge on any atom is -0.493 e. The molecule has 5 rings (SSSR count). The maximum absolute atomic E-state index is 11.6. The SMILES string of the molecule is COc1cc(C=C2C[C@H]3[C@@H]4CC=C5C[C@@H](OC(C)=O)CC[C@]5(C)[C@H]4CC[C@]3(C)C2=NO)cc(OC)c1OC. The molecule has 6 atom stereocenters. The van der Waals surface area contributed by atoms with Crippen LogP contribution in [0.15, 0.2) is 34.5 Å². The molecule has 3 saturated carbocycles. The third kappa shape index (κ3) is 4.18. The van der Waals surface area contributed by atoms with Crippen LogP contribution in [0, 0.1) is 28.6 Å². The van der Waals surface area contributed by atoms with Gasteiger partial charge >= 0.3 is 5.97 Å². The quantitative estimate of drug-likeness (QED) is 0.207. The molecule has 7 heteroatoms. The topological polar surface area (TPSA) is 86.6 Å². The van der Waals surface area contributed by atoms with Crippen LogP contribution in [-0.4, -0.2) is 44.3 Å². The maximum atomic E-state index is 11.6. The number of ether oxygens (including phenoxy) is 4. The number of benzene rings is 1. The predicted octanol–water partition coefficient (Wildman–Crippen LogP) is 6.43. The largest absolute Gasteiger partial charge is 0.493 e. The molecule has 1 N–H and O–H groups in total. The average Bonchev–Trinajstić information content (AvgIpc) is 3.18. The van der Waals surface area contributed by atoms with E-state index in [-0.39, 0.29) is 22.9 Å². The second-order valence-corrected chi connectivity index (χ2v) is 12.0. The van der Waals surface area contributed by atoms with Crippen molar-refractivity contribution in [3.05, 3.63) is 34.9 Å². The van der Waals surface area contributed by atoms with Gasteiger partial charge in [-0.25, -0.2) is 0 Å². The number of fused-ring (bicyclic) bond motifs is 5. The highest BCUT2D eigenvalue weighted by Gasteiger charge is 2.59. The second kappa shape index (κ2) is 9.97. The Labute approximate surface area is 225 Å². The molecule has 3 fully saturated rings. The van der Waals surface area contributed by atoms with E-state index in [0.717, 1.165) is 61.8 Å². The second-order valence-electron chi connectivity index (χ2n) is 12.0. The summed E-state index contributed by atoms with van der Waals surface area (Å²) in [6, 6.07) is 3.88. The highest BCUT2D eigenvalue weighted by molar-refractivity contribution is 6.09. The Morgan fingerprint density at radius 2 is 1.68 bits per heavy atom. The smallest absolute Gasteiger partial charge is 0.302 e. The van der Waals surface area contributed by atoms with Crippen LogP contribution in [0.3, 0.4) is 0 Å². The highest BCUT2D eigenvalue weighted by atomic mass is 16.5. The molecule has 0 bridgehead atoms. The Morgan fingerprint density at radius 1 is 1.00 bits per heavy atom. The summed E-state index contributed by atoms with van der Waals surface area (Å²) in [5.74, 6) is 3.09. The molecule has 4 aliphatic carbocycles. The first kappa shape index (κ1) is 26.6. The Kier molecular flexibility index (Phi) is 6.99. The van der Waals surface area contributed by atoms with Gasteiger partial charge in [-0.1, -0.05) is 30.7 Å². The first-order valence-electron chi connectivity index (χ1n) is 13.8. The van der Waals surface area contributed by atoms with E-state index in [2.05, 4.69) is 31.2 Å². The number of carbonyl (C=O) groups is 1. The van der Waals surface area contributed by atoms with Crippen molar-refractivity contribution < 1.29 is 28.9 Å². The normalized spacial score (nSPS) is 36.1. The first-order valence-corrected chi connectivity index (χ1v) is 13.8. The zero-order valence-corrected chi connectivity index (χ0v) is 23.5. The number of rotatable bonds is 5. The summed E-state index contributed by atoms with van der Waals surface area (Å²) in [6.45, 7) is 6.23. The fourth-order valence-electron chi connectivity index (χ4n) is 8.35. The fraction of sp³-hybridized carbons (Fsp3) is 0.613. The van der Waals surface area contributed by atoms with E-state index in [1.54, 1.807) is 21.3 Å². The molecular weight excluding hydrogens is 482 g/mol. The summed E-state index contributed by atoms with van der Waals surface area (Å²) in [5, 5.41) is 14.2. The number of methoxy groups -OCH3 is 3. The standard InChI is InChI=1S/C31H41NO6/c1-18(33)38-22-9-11-30(2)21(17-22)7-8-23-24(30)10-12-31(3)25(23)16-20(29(31)32-34)13-19-14-26(35-4)28(37-6)27(15-19)36-5/h7,13-15,22-25,34H,8-12,16-17H2,1-6H3/t22-,23+,24-,25-,30-,31-/m0/s1. The summed E-state index contributed by atoms with van der Waals surface area (Å²) in [4.78, 5) is 11.6. The van der Waals surface area contributed by atoms with Crippen molar-refractivity contribution in [2.45, 2.75) is 71.8 Å². The Hall–Kier alpha value is -2.96. The van der Waals surface area contributed by atoms with Gasteiger partial charge in [0.15, 0.2) is 11.5 Å². The van der Waals surface area contributed by atoms with Gasteiger partial charge < -0.3 is 24.2 Å². The van der Waals surface area contributed by atoms with E-state index in [1.807, 2.05) is 12.1 Å². The van der Waals surface area contributed by atoms with E-state index in [1.165, 1.54) is 12.5 Å². The van der Waals surface area contributed by atoms with Gasteiger partial charge in [0.25, 0.3) is 0 Å². The Bertz CT molecular complexity index is 1180. The van der Waals surface area contributed by atoms with Crippen molar-refractivity contribution in [3.63, 3.8) is 0 Å². The van der Waals surface area contributed by atoms with Crippen molar-refractivity contribution in [3.8, 4) is 17.2 Å². The molecular formula is C31H41NO6. The first-order chi connectivity index (χ1) is 18.2. The van der Waals surface area contributed by atoms with E-state index in [9.17, 15) is 10.0 Å². The third-order valence-corrected chi connectivity index (χ3v) is 10.2. The molecule has 0 saturated heterocycles. The lowest BCUT2D eigenvalue weighted by Gasteiger charge is -2.57. The molecule has 0 heterocycles. The molecule has 0 aromatic heterocycles. The summed E-state index contributed by atoms with van der Waals surface area (Å²) < 4.78 is 22.2. The molecule has 38 heavy (non-hydrogen) atoms. The molecule has 4 aliphatic rings. The fourth-order valence-corrected chi connectivity index (χ4v) is 8.35. The van der Waals surface area contributed by atoms with Crippen LogP contribution in [0.4, 0.5) is 0 Å². The number of hydrogen-bond donors (Lipinski definition) is 1. The Morgan fingerprint density at radius 3 is 2.29 bits per heavy atom. The minimum atomic E-state index is -0.186. The molecule has 0 aliphatic heterocycles. The van der Waals surface area contributed by atoms with Gasteiger partial charge in [-0.2, -0.15) is 0 Å². The van der Waals surface area contributed by atoms with E-state index < -0.39 is 0 Å². The zero-order valence-electron chi connectivity index (χ0n) is 23.5. The highest BCUT2D eigenvalue weighted by Crippen LogP contribution is 2.65. The van der Waals surface area contributed by atoms with Crippen molar-refractivity contribution in [1.82, 2.24) is 0 Å². The average molecular weight is 524 g/mol. The predicted molar refractivity (Wildman–Crippen MR) is 146 cm³/mol. The maximum Gasteiger partial charge on any atom is 0.302 e.